The Hall–Kier alpha value is -1.66. The number of para-hydroxylation sites is 2. The largest absolute Gasteiger partial charge is 0.333 e. The lowest BCUT2D eigenvalue weighted by Gasteiger charge is -1.88. The van der Waals surface area contributed by atoms with Crippen LogP contribution in [0.15, 0.2) is 40.0 Å². The van der Waals surface area contributed by atoms with Crippen molar-refractivity contribution < 1.29 is 4.79 Å². The zero-order chi connectivity index (χ0) is 13.7. The van der Waals surface area contributed by atoms with Crippen molar-refractivity contribution >= 4 is 40.4 Å². The van der Waals surface area contributed by atoms with Crippen molar-refractivity contribution in [1.29, 1.82) is 0 Å². The highest BCUT2D eigenvalue weighted by molar-refractivity contribution is 8.00. The third kappa shape index (κ3) is 3.21. The summed E-state index contributed by atoms with van der Waals surface area (Å²) in [4.78, 5) is 23.0. The van der Waals surface area contributed by atoms with Crippen molar-refractivity contribution in [2.75, 3.05) is 0 Å². The second-order valence-corrected chi connectivity index (χ2v) is 5.61. The van der Waals surface area contributed by atoms with E-state index in [0.29, 0.717) is 4.88 Å². The molecule has 0 radical (unpaired) electrons. The molecule has 0 aliphatic heterocycles. The van der Waals surface area contributed by atoms with Gasteiger partial charge in [0.15, 0.2) is 15.8 Å². The number of benzene rings is 1. The second kappa shape index (κ2) is 6.49. The van der Waals surface area contributed by atoms with Crippen molar-refractivity contribution in [2.24, 2.45) is 0 Å². The van der Waals surface area contributed by atoms with Crippen molar-refractivity contribution in [1.82, 2.24) is 15.0 Å². The third-order valence-corrected chi connectivity index (χ3v) is 4.05. The molecule has 6 heteroatoms. The molecule has 0 spiro atoms. The van der Waals surface area contributed by atoms with E-state index in [2.05, 4.69) is 15.0 Å². The Morgan fingerprint density at radius 1 is 1.32 bits per heavy atom. The number of nitrogens with zero attached hydrogens (tertiary/aromatic N) is 2. The fourth-order valence-corrected chi connectivity index (χ4v) is 3.16. The van der Waals surface area contributed by atoms with Gasteiger partial charge in [0.05, 0.1) is 15.9 Å². The molecule has 1 aromatic carbocycles. The fraction of sp³-hybridized carbons (Fsp3) is 0.154. The summed E-state index contributed by atoms with van der Waals surface area (Å²) in [6.45, 7) is 4.00. The SMILES string of the molecule is CC.O=Cc1cnc(Sc2nc3ccccc3[nH]2)s1. The number of aromatic amines is 1. The van der Waals surface area contributed by atoms with Gasteiger partial charge in [0.25, 0.3) is 0 Å². The van der Waals surface area contributed by atoms with Crippen LogP contribution in [-0.4, -0.2) is 21.2 Å². The zero-order valence-corrected chi connectivity index (χ0v) is 12.2. The number of hydrogen-bond acceptors (Lipinski definition) is 5. The topological polar surface area (TPSA) is 58.6 Å². The van der Waals surface area contributed by atoms with Gasteiger partial charge < -0.3 is 4.98 Å². The van der Waals surface area contributed by atoms with E-state index >= 15 is 0 Å². The molecule has 0 aliphatic carbocycles. The van der Waals surface area contributed by atoms with E-state index in [1.807, 2.05) is 38.1 Å². The van der Waals surface area contributed by atoms with Crippen LogP contribution < -0.4 is 0 Å². The monoisotopic (exact) mass is 291 g/mol. The molecule has 0 amide bonds. The first-order valence-electron chi connectivity index (χ1n) is 5.89. The van der Waals surface area contributed by atoms with Crippen molar-refractivity contribution in [3.63, 3.8) is 0 Å². The number of hydrogen-bond donors (Lipinski definition) is 1. The van der Waals surface area contributed by atoms with Crippen molar-refractivity contribution in [2.45, 2.75) is 23.3 Å². The Morgan fingerprint density at radius 2 is 2.11 bits per heavy atom. The number of nitrogens with one attached hydrogen (secondary N) is 1. The minimum Gasteiger partial charge on any atom is -0.333 e. The van der Waals surface area contributed by atoms with E-state index in [1.165, 1.54) is 23.1 Å². The highest BCUT2D eigenvalue weighted by Gasteiger charge is 2.07. The molecule has 0 fully saturated rings. The van der Waals surface area contributed by atoms with Crippen molar-refractivity contribution in [3.8, 4) is 0 Å². The Morgan fingerprint density at radius 3 is 2.79 bits per heavy atom. The van der Waals surface area contributed by atoms with E-state index in [4.69, 9.17) is 0 Å². The minimum absolute atomic E-state index is 0.628. The predicted molar refractivity (Wildman–Crippen MR) is 79.1 cm³/mol. The molecule has 0 bridgehead atoms. The van der Waals surface area contributed by atoms with Gasteiger partial charge in [-0.05, 0) is 23.9 Å². The predicted octanol–water partition coefficient (Wildman–Crippen LogP) is 4.01. The number of imidazole rings is 1. The van der Waals surface area contributed by atoms with E-state index in [1.54, 1.807) is 6.20 Å². The molecule has 0 atom stereocenters. The molecule has 2 heterocycles. The Balaban J connectivity index is 0.000000637. The number of fused-ring (bicyclic) bond motifs is 1. The molecule has 2 aromatic heterocycles. The van der Waals surface area contributed by atoms with Gasteiger partial charge in [0.2, 0.25) is 0 Å². The first-order valence-corrected chi connectivity index (χ1v) is 7.52. The molecule has 3 rings (SSSR count). The van der Waals surface area contributed by atoms with Crippen LogP contribution in [0.25, 0.3) is 11.0 Å². The molecule has 0 saturated heterocycles. The first-order chi connectivity index (χ1) is 9.35. The average molecular weight is 291 g/mol. The normalized spacial score (nSPS) is 10.0. The lowest BCUT2D eigenvalue weighted by atomic mass is 10.3. The molecule has 1 N–H and O–H groups in total. The van der Waals surface area contributed by atoms with Crippen LogP contribution in [0.2, 0.25) is 0 Å². The van der Waals surface area contributed by atoms with Gasteiger partial charge in [0.1, 0.15) is 0 Å². The summed E-state index contributed by atoms with van der Waals surface area (Å²) < 4.78 is 0.811. The molecule has 0 unspecified atom stereocenters. The highest BCUT2D eigenvalue weighted by Crippen LogP contribution is 2.29. The average Bonchev–Trinajstić information content (AvgIpc) is 3.07. The summed E-state index contributed by atoms with van der Waals surface area (Å²) in [5.41, 5.74) is 1.93. The molecular weight excluding hydrogens is 278 g/mol. The van der Waals surface area contributed by atoms with E-state index in [-0.39, 0.29) is 0 Å². The summed E-state index contributed by atoms with van der Waals surface area (Å²) in [6.07, 6.45) is 2.38. The zero-order valence-electron chi connectivity index (χ0n) is 10.6. The maximum atomic E-state index is 10.6. The summed E-state index contributed by atoms with van der Waals surface area (Å²) in [5, 5.41) is 0.790. The summed E-state index contributed by atoms with van der Waals surface area (Å²) in [5.74, 6) is 0. The fourth-order valence-electron chi connectivity index (χ4n) is 1.43. The highest BCUT2D eigenvalue weighted by atomic mass is 32.2. The lowest BCUT2D eigenvalue weighted by Crippen LogP contribution is -1.72. The van der Waals surface area contributed by atoms with Crippen LogP contribution in [0, 0.1) is 0 Å². The number of carbonyl (C=O) groups excluding carboxylic acids is 1. The Labute approximate surface area is 119 Å². The Bertz CT molecular complexity index is 642. The molecule has 0 aliphatic rings. The van der Waals surface area contributed by atoms with Crippen LogP contribution in [0.1, 0.15) is 23.5 Å². The molecule has 0 saturated carbocycles. The minimum atomic E-state index is 0.628. The number of rotatable bonds is 3. The van der Waals surface area contributed by atoms with E-state index < -0.39 is 0 Å². The van der Waals surface area contributed by atoms with Crippen molar-refractivity contribution in [3.05, 3.63) is 35.3 Å². The van der Waals surface area contributed by atoms with Crippen LogP contribution in [0.4, 0.5) is 0 Å². The van der Waals surface area contributed by atoms with Crippen LogP contribution in [0.3, 0.4) is 0 Å². The van der Waals surface area contributed by atoms with Gasteiger partial charge in [-0.25, -0.2) is 9.97 Å². The molecule has 98 valence electrons. The number of thiazole rings is 1. The standard InChI is InChI=1S/C11H7N3OS2.C2H6/c15-6-7-5-12-11(16-7)17-10-13-8-3-1-2-4-9(8)14-10;1-2/h1-6H,(H,13,14);1-2H3. The summed E-state index contributed by atoms with van der Waals surface area (Å²) in [6, 6.07) is 7.84. The summed E-state index contributed by atoms with van der Waals surface area (Å²) >= 11 is 2.79. The van der Waals surface area contributed by atoms with Gasteiger partial charge in [-0.3, -0.25) is 4.79 Å². The molecular formula is C13H13N3OS2. The van der Waals surface area contributed by atoms with Gasteiger partial charge in [-0.1, -0.05) is 26.0 Å². The van der Waals surface area contributed by atoms with Gasteiger partial charge in [-0.15, -0.1) is 11.3 Å². The first kappa shape index (κ1) is 13.8. The number of carbonyl (C=O) groups is 1. The molecule has 3 aromatic rings. The van der Waals surface area contributed by atoms with Gasteiger partial charge >= 0.3 is 0 Å². The van der Waals surface area contributed by atoms with Gasteiger partial charge in [0, 0.05) is 6.20 Å². The number of aldehydes is 1. The molecule has 4 nitrogen and oxygen atoms in total. The molecule has 19 heavy (non-hydrogen) atoms. The van der Waals surface area contributed by atoms with Crippen LogP contribution in [-0.2, 0) is 0 Å². The maximum absolute atomic E-state index is 10.6. The smallest absolute Gasteiger partial charge is 0.173 e. The second-order valence-electron chi connectivity index (χ2n) is 3.31. The quantitative estimate of drug-likeness (QED) is 0.741. The van der Waals surface area contributed by atoms with Gasteiger partial charge in [-0.2, -0.15) is 0 Å². The Kier molecular flexibility index (Phi) is 4.70. The third-order valence-electron chi connectivity index (χ3n) is 2.17. The lowest BCUT2D eigenvalue weighted by molar-refractivity contribution is 0.112. The van der Waals surface area contributed by atoms with E-state index in [9.17, 15) is 4.79 Å². The maximum Gasteiger partial charge on any atom is 0.173 e. The summed E-state index contributed by atoms with van der Waals surface area (Å²) in [7, 11) is 0. The van der Waals surface area contributed by atoms with Crippen LogP contribution >= 0.6 is 23.1 Å². The number of H-pyrrole nitrogens is 1. The number of aromatic nitrogens is 3. The van der Waals surface area contributed by atoms with Crippen LogP contribution in [0.5, 0.6) is 0 Å². The van der Waals surface area contributed by atoms with E-state index in [0.717, 1.165) is 26.8 Å².